The molecule has 1 aromatic heterocycles. The van der Waals surface area contributed by atoms with Crippen LogP contribution in [0.2, 0.25) is 0 Å². The highest BCUT2D eigenvalue weighted by molar-refractivity contribution is 7.89. The lowest BCUT2D eigenvalue weighted by Crippen LogP contribution is -2.49. The Bertz CT molecular complexity index is 733. The minimum Gasteiger partial charge on any atom is -0.354 e. The second kappa shape index (κ2) is 8.85. The standard InChI is InChI=1S/C17H32N6O2S/c1-6-11-26(24,25)23-9-7-15(8-10-23)20-17(18-4)19-12-16-13(2)21-22(5)14(16)3/h15H,6-12H2,1-5H3,(H2,18,19,20). The summed E-state index contributed by atoms with van der Waals surface area (Å²) in [4.78, 5) is 4.30. The van der Waals surface area contributed by atoms with Gasteiger partial charge in [-0.15, -0.1) is 0 Å². The minimum atomic E-state index is -3.09. The highest BCUT2D eigenvalue weighted by atomic mass is 32.2. The fraction of sp³-hybridized carbons (Fsp3) is 0.765. The Balaban J connectivity index is 1.86. The van der Waals surface area contributed by atoms with Crippen LogP contribution in [0, 0.1) is 13.8 Å². The number of aryl methyl sites for hydroxylation is 2. The van der Waals surface area contributed by atoms with Crippen LogP contribution in [0.3, 0.4) is 0 Å². The Morgan fingerprint density at radius 2 is 1.96 bits per heavy atom. The molecule has 0 radical (unpaired) electrons. The molecule has 0 aromatic carbocycles. The van der Waals surface area contributed by atoms with E-state index >= 15 is 0 Å². The number of piperidine rings is 1. The first-order valence-corrected chi connectivity index (χ1v) is 10.8. The number of aromatic nitrogens is 2. The van der Waals surface area contributed by atoms with Gasteiger partial charge in [0, 0.05) is 51.0 Å². The molecular formula is C17H32N6O2S. The van der Waals surface area contributed by atoms with Gasteiger partial charge >= 0.3 is 0 Å². The molecule has 148 valence electrons. The fourth-order valence-electron chi connectivity index (χ4n) is 3.30. The molecule has 0 amide bonds. The zero-order valence-electron chi connectivity index (χ0n) is 16.5. The van der Waals surface area contributed by atoms with Crippen LogP contribution in [-0.2, 0) is 23.6 Å². The van der Waals surface area contributed by atoms with Gasteiger partial charge in [0.1, 0.15) is 0 Å². The third-order valence-electron chi connectivity index (χ3n) is 4.97. The predicted octanol–water partition coefficient (Wildman–Crippen LogP) is 0.906. The molecule has 0 spiro atoms. The molecule has 0 bridgehead atoms. The second-order valence-electron chi connectivity index (χ2n) is 6.83. The molecule has 2 heterocycles. The van der Waals surface area contributed by atoms with E-state index in [0.29, 0.717) is 26.1 Å². The van der Waals surface area contributed by atoms with Gasteiger partial charge in [0.2, 0.25) is 10.0 Å². The smallest absolute Gasteiger partial charge is 0.214 e. The van der Waals surface area contributed by atoms with Gasteiger partial charge in [0.15, 0.2) is 5.96 Å². The number of guanidine groups is 1. The van der Waals surface area contributed by atoms with Crippen molar-refractivity contribution in [3.63, 3.8) is 0 Å². The third kappa shape index (κ3) is 4.97. The Kier molecular flexibility index (Phi) is 7.05. The van der Waals surface area contributed by atoms with Gasteiger partial charge in [-0.25, -0.2) is 12.7 Å². The summed E-state index contributed by atoms with van der Waals surface area (Å²) in [5.41, 5.74) is 3.33. The molecule has 26 heavy (non-hydrogen) atoms. The van der Waals surface area contributed by atoms with Crippen molar-refractivity contribution in [2.45, 2.75) is 52.6 Å². The maximum atomic E-state index is 12.2. The van der Waals surface area contributed by atoms with E-state index in [1.54, 1.807) is 11.4 Å². The number of hydrogen-bond donors (Lipinski definition) is 2. The zero-order valence-corrected chi connectivity index (χ0v) is 17.4. The average Bonchev–Trinajstić information content (AvgIpc) is 2.84. The lowest BCUT2D eigenvalue weighted by atomic mass is 10.1. The van der Waals surface area contributed by atoms with Gasteiger partial charge in [-0.3, -0.25) is 9.67 Å². The molecule has 1 aromatic rings. The summed E-state index contributed by atoms with van der Waals surface area (Å²) < 4.78 is 27.8. The van der Waals surface area contributed by atoms with E-state index < -0.39 is 10.0 Å². The van der Waals surface area contributed by atoms with E-state index in [-0.39, 0.29) is 11.8 Å². The first-order chi connectivity index (χ1) is 12.3. The molecule has 0 atom stereocenters. The summed E-state index contributed by atoms with van der Waals surface area (Å²) >= 11 is 0. The van der Waals surface area contributed by atoms with Crippen molar-refractivity contribution in [1.82, 2.24) is 24.7 Å². The molecule has 9 heteroatoms. The van der Waals surface area contributed by atoms with E-state index in [2.05, 4.69) is 27.6 Å². The number of sulfonamides is 1. The van der Waals surface area contributed by atoms with E-state index in [4.69, 9.17) is 0 Å². The summed E-state index contributed by atoms with van der Waals surface area (Å²) in [7, 11) is 0.599. The summed E-state index contributed by atoms with van der Waals surface area (Å²) in [5, 5.41) is 11.2. The quantitative estimate of drug-likeness (QED) is 0.562. The van der Waals surface area contributed by atoms with Crippen LogP contribution in [0.15, 0.2) is 4.99 Å². The summed E-state index contributed by atoms with van der Waals surface area (Å²) in [5.74, 6) is 0.973. The van der Waals surface area contributed by atoms with E-state index in [9.17, 15) is 8.42 Å². The first-order valence-electron chi connectivity index (χ1n) is 9.22. The minimum absolute atomic E-state index is 0.227. The van der Waals surface area contributed by atoms with Crippen LogP contribution in [-0.4, -0.2) is 60.4 Å². The van der Waals surface area contributed by atoms with Crippen molar-refractivity contribution in [3.8, 4) is 0 Å². The lowest BCUT2D eigenvalue weighted by molar-refractivity contribution is 0.306. The van der Waals surface area contributed by atoms with Crippen molar-refractivity contribution in [2.75, 3.05) is 25.9 Å². The molecule has 8 nitrogen and oxygen atoms in total. The van der Waals surface area contributed by atoms with Crippen molar-refractivity contribution < 1.29 is 8.42 Å². The maximum absolute atomic E-state index is 12.2. The molecule has 0 unspecified atom stereocenters. The highest BCUT2D eigenvalue weighted by Gasteiger charge is 2.27. The third-order valence-corrected chi connectivity index (χ3v) is 7.04. The van der Waals surface area contributed by atoms with Gasteiger partial charge in [0.05, 0.1) is 11.4 Å². The van der Waals surface area contributed by atoms with Gasteiger partial charge in [-0.1, -0.05) is 6.92 Å². The average molecular weight is 385 g/mol. The van der Waals surface area contributed by atoms with Crippen molar-refractivity contribution >= 4 is 16.0 Å². The topological polar surface area (TPSA) is 91.6 Å². The SMILES string of the molecule is CCCS(=O)(=O)N1CCC(NC(=NC)NCc2c(C)nn(C)c2C)CC1. The molecule has 0 aliphatic carbocycles. The van der Waals surface area contributed by atoms with Gasteiger partial charge < -0.3 is 10.6 Å². The fourth-order valence-corrected chi connectivity index (χ4v) is 4.84. The first kappa shape index (κ1) is 20.7. The Hall–Kier alpha value is -1.61. The molecule has 0 saturated carbocycles. The monoisotopic (exact) mass is 384 g/mol. The van der Waals surface area contributed by atoms with Crippen molar-refractivity contribution in [1.29, 1.82) is 0 Å². The Morgan fingerprint density at radius 1 is 1.31 bits per heavy atom. The van der Waals surface area contributed by atoms with Crippen LogP contribution in [0.1, 0.15) is 43.1 Å². The normalized spacial score (nSPS) is 17.5. The summed E-state index contributed by atoms with van der Waals surface area (Å²) in [6, 6.07) is 0.227. The molecule has 2 N–H and O–H groups in total. The zero-order chi connectivity index (χ0) is 19.3. The van der Waals surface area contributed by atoms with E-state index in [1.165, 1.54) is 5.56 Å². The Labute approximate surface area is 157 Å². The summed E-state index contributed by atoms with van der Waals surface area (Å²) in [6.07, 6.45) is 2.23. The molecule has 1 aliphatic rings. The van der Waals surface area contributed by atoms with Gasteiger partial charge in [-0.2, -0.15) is 5.10 Å². The number of nitrogens with zero attached hydrogens (tertiary/aromatic N) is 4. The highest BCUT2D eigenvalue weighted by Crippen LogP contribution is 2.15. The molecule has 1 aliphatic heterocycles. The number of nitrogens with one attached hydrogen (secondary N) is 2. The predicted molar refractivity (Wildman–Crippen MR) is 105 cm³/mol. The second-order valence-corrected chi connectivity index (χ2v) is 8.92. The van der Waals surface area contributed by atoms with Crippen LogP contribution in [0.4, 0.5) is 0 Å². The van der Waals surface area contributed by atoms with Crippen LogP contribution in [0.25, 0.3) is 0 Å². The van der Waals surface area contributed by atoms with Gasteiger partial charge in [0.25, 0.3) is 0 Å². The molecular weight excluding hydrogens is 352 g/mol. The van der Waals surface area contributed by atoms with Crippen molar-refractivity contribution in [2.24, 2.45) is 12.0 Å². The van der Waals surface area contributed by atoms with E-state index in [0.717, 1.165) is 30.2 Å². The lowest BCUT2D eigenvalue weighted by Gasteiger charge is -2.32. The van der Waals surface area contributed by atoms with Crippen LogP contribution < -0.4 is 10.6 Å². The largest absolute Gasteiger partial charge is 0.354 e. The van der Waals surface area contributed by atoms with Crippen molar-refractivity contribution in [3.05, 3.63) is 17.0 Å². The maximum Gasteiger partial charge on any atom is 0.214 e. The summed E-state index contributed by atoms with van der Waals surface area (Å²) in [6.45, 7) is 7.75. The van der Waals surface area contributed by atoms with Gasteiger partial charge in [-0.05, 0) is 33.1 Å². The molecule has 1 fully saturated rings. The Morgan fingerprint density at radius 3 is 2.46 bits per heavy atom. The van der Waals surface area contributed by atoms with Crippen LogP contribution in [0.5, 0.6) is 0 Å². The number of rotatable bonds is 6. The number of aliphatic imine (C=N–C) groups is 1. The molecule has 1 saturated heterocycles. The van der Waals surface area contributed by atoms with E-state index in [1.807, 2.05) is 25.6 Å². The number of hydrogen-bond acceptors (Lipinski definition) is 4. The molecule has 2 rings (SSSR count). The van der Waals surface area contributed by atoms with Crippen LogP contribution >= 0.6 is 0 Å².